The van der Waals surface area contributed by atoms with Gasteiger partial charge in [-0.05, 0) is 18.2 Å². The second-order valence-electron chi connectivity index (χ2n) is 4.43. The number of carbonyl (C=O) groups is 1. The third kappa shape index (κ3) is 2.23. The molecule has 1 amide bonds. The summed E-state index contributed by atoms with van der Waals surface area (Å²) in [6.45, 7) is 0. The van der Waals surface area contributed by atoms with E-state index in [1.165, 1.54) is 0 Å². The molecule has 0 aliphatic heterocycles. The van der Waals surface area contributed by atoms with Crippen LogP contribution < -0.4 is 10.1 Å². The van der Waals surface area contributed by atoms with Crippen molar-refractivity contribution in [3.8, 4) is 5.75 Å². The Bertz CT molecular complexity index is 762. The Labute approximate surface area is 116 Å². The number of rotatable bonds is 3. The zero-order chi connectivity index (χ0) is 13.9. The molecule has 0 saturated heterocycles. The fourth-order valence-corrected chi connectivity index (χ4v) is 2.16. The number of carbonyl (C=O) groups excluding carboxylic acids is 1. The number of para-hydroxylation sites is 1. The van der Waals surface area contributed by atoms with Crippen molar-refractivity contribution in [2.75, 3.05) is 12.4 Å². The maximum absolute atomic E-state index is 12.3. The monoisotopic (exact) mass is 266 g/mol. The van der Waals surface area contributed by atoms with Crippen molar-refractivity contribution in [3.63, 3.8) is 0 Å². The summed E-state index contributed by atoms with van der Waals surface area (Å²) in [7, 11) is 1.60. The Balaban J connectivity index is 1.89. The Morgan fingerprint density at radius 2 is 2.00 bits per heavy atom. The Morgan fingerprint density at radius 3 is 2.85 bits per heavy atom. The van der Waals surface area contributed by atoms with Crippen LogP contribution in [0.2, 0.25) is 0 Å². The van der Waals surface area contributed by atoms with E-state index in [2.05, 4.69) is 10.3 Å². The Morgan fingerprint density at radius 1 is 1.15 bits per heavy atom. The van der Waals surface area contributed by atoms with Gasteiger partial charge in [0.2, 0.25) is 0 Å². The number of fused-ring (bicyclic) bond motifs is 1. The van der Waals surface area contributed by atoms with Crippen LogP contribution in [0.5, 0.6) is 5.75 Å². The minimum atomic E-state index is -0.143. The molecule has 0 atom stereocenters. The highest BCUT2D eigenvalue weighted by Crippen LogP contribution is 2.21. The lowest BCUT2D eigenvalue weighted by molar-refractivity contribution is 0.102. The molecule has 4 heteroatoms. The highest BCUT2D eigenvalue weighted by atomic mass is 16.5. The molecule has 2 aromatic carbocycles. The number of anilines is 1. The number of H-pyrrole nitrogens is 1. The van der Waals surface area contributed by atoms with E-state index in [-0.39, 0.29) is 5.91 Å². The van der Waals surface area contributed by atoms with Crippen LogP contribution in [0.1, 0.15) is 10.4 Å². The molecule has 0 aliphatic carbocycles. The third-order valence-corrected chi connectivity index (χ3v) is 3.16. The van der Waals surface area contributed by atoms with E-state index in [1.807, 2.05) is 42.5 Å². The van der Waals surface area contributed by atoms with E-state index in [0.29, 0.717) is 17.0 Å². The maximum atomic E-state index is 12.3. The summed E-state index contributed by atoms with van der Waals surface area (Å²) in [6, 6.07) is 15.0. The minimum Gasteiger partial charge on any atom is -0.497 e. The number of benzene rings is 2. The number of hydrogen-bond donors (Lipinski definition) is 2. The lowest BCUT2D eigenvalue weighted by atomic mass is 10.1. The first-order chi connectivity index (χ1) is 9.78. The van der Waals surface area contributed by atoms with Crippen molar-refractivity contribution in [2.45, 2.75) is 0 Å². The summed E-state index contributed by atoms with van der Waals surface area (Å²) >= 11 is 0. The first-order valence-electron chi connectivity index (χ1n) is 6.29. The van der Waals surface area contributed by atoms with Crippen molar-refractivity contribution in [1.29, 1.82) is 0 Å². The van der Waals surface area contributed by atoms with Gasteiger partial charge in [-0.2, -0.15) is 0 Å². The summed E-state index contributed by atoms with van der Waals surface area (Å²) < 4.78 is 5.14. The van der Waals surface area contributed by atoms with Crippen molar-refractivity contribution >= 4 is 22.5 Å². The predicted molar refractivity (Wildman–Crippen MR) is 79.2 cm³/mol. The van der Waals surface area contributed by atoms with Crippen LogP contribution in [-0.4, -0.2) is 18.0 Å². The van der Waals surface area contributed by atoms with E-state index >= 15 is 0 Å². The second-order valence-corrected chi connectivity index (χ2v) is 4.43. The molecule has 0 saturated carbocycles. The molecule has 0 radical (unpaired) electrons. The van der Waals surface area contributed by atoms with Gasteiger partial charge in [-0.1, -0.05) is 24.3 Å². The highest BCUT2D eigenvalue weighted by Gasteiger charge is 2.11. The van der Waals surface area contributed by atoms with Gasteiger partial charge in [0.1, 0.15) is 5.75 Å². The van der Waals surface area contributed by atoms with Gasteiger partial charge >= 0.3 is 0 Å². The number of ether oxygens (including phenoxy) is 1. The van der Waals surface area contributed by atoms with E-state index < -0.39 is 0 Å². The lowest BCUT2D eigenvalue weighted by Gasteiger charge is -2.06. The molecule has 3 aromatic rings. The number of aromatic amines is 1. The first kappa shape index (κ1) is 12.3. The van der Waals surface area contributed by atoms with Crippen molar-refractivity contribution < 1.29 is 9.53 Å². The normalized spacial score (nSPS) is 10.4. The van der Waals surface area contributed by atoms with Crippen molar-refractivity contribution in [3.05, 3.63) is 60.3 Å². The zero-order valence-corrected chi connectivity index (χ0v) is 11.0. The molecule has 0 unspecified atom stereocenters. The lowest BCUT2D eigenvalue weighted by Crippen LogP contribution is -2.11. The summed E-state index contributed by atoms with van der Waals surface area (Å²) in [4.78, 5) is 15.4. The van der Waals surface area contributed by atoms with Crippen LogP contribution in [0, 0.1) is 0 Å². The maximum Gasteiger partial charge on any atom is 0.257 e. The van der Waals surface area contributed by atoms with Crippen LogP contribution in [0.25, 0.3) is 10.9 Å². The second kappa shape index (κ2) is 5.09. The summed E-state index contributed by atoms with van der Waals surface area (Å²) in [5.41, 5.74) is 2.28. The fraction of sp³-hybridized carbons (Fsp3) is 0.0625. The molecule has 3 rings (SSSR count). The largest absolute Gasteiger partial charge is 0.497 e. The molecule has 2 N–H and O–H groups in total. The SMILES string of the molecule is COc1cccc(NC(=O)c2c[nH]c3ccccc23)c1. The smallest absolute Gasteiger partial charge is 0.257 e. The van der Waals surface area contributed by atoms with Crippen LogP contribution in [0.15, 0.2) is 54.7 Å². The number of amides is 1. The molecular formula is C16H14N2O2. The number of hydrogen-bond acceptors (Lipinski definition) is 2. The molecule has 0 spiro atoms. The van der Waals surface area contributed by atoms with Gasteiger partial charge < -0.3 is 15.0 Å². The highest BCUT2D eigenvalue weighted by molar-refractivity contribution is 6.12. The molecule has 0 bridgehead atoms. The first-order valence-corrected chi connectivity index (χ1v) is 6.29. The van der Waals surface area contributed by atoms with Gasteiger partial charge in [-0.25, -0.2) is 0 Å². The average Bonchev–Trinajstić information content (AvgIpc) is 2.91. The summed E-state index contributed by atoms with van der Waals surface area (Å²) in [5, 5.41) is 3.78. The Kier molecular flexibility index (Phi) is 3.13. The van der Waals surface area contributed by atoms with Crippen molar-refractivity contribution in [2.24, 2.45) is 0 Å². The molecular weight excluding hydrogens is 252 g/mol. The van der Waals surface area contributed by atoms with E-state index in [9.17, 15) is 4.79 Å². The number of methoxy groups -OCH3 is 1. The van der Waals surface area contributed by atoms with Crippen LogP contribution >= 0.6 is 0 Å². The third-order valence-electron chi connectivity index (χ3n) is 3.16. The standard InChI is InChI=1S/C16H14N2O2/c1-20-12-6-4-5-11(9-12)18-16(19)14-10-17-15-8-3-2-7-13(14)15/h2-10,17H,1H3,(H,18,19). The van der Waals surface area contributed by atoms with Gasteiger partial charge in [-0.15, -0.1) is 0 Å². The van der Waals surface area contributed by atoms with Crippen LogP contribution in [0.4, 0.5) is 5.69 Å². The van der Waals surface area contributed by atoms with Gasteiger partial charge in [-0.3, -0.25) is 4.79 Å². The molecule has 100 valence electrons. The quantitative estimate of drug-likeness (QED) is 0.763. The van der Waals surface area contributed by atoms with E-state index in [0.717, 1.165) is 10.9 Å². The molecule has 0 aliphatic rings. The Hall–Kier alpha value is -2.75. The van der Waals surface area contributed by atoms with Gasteiger partial charge in [0.05, 0.1) is 12.7 Å². The topological polar surface area (TPSA) is 54.1 Å². The predicted octanol–water partition coefficient (Wildman–Crippen LogP) is 3.43. The fourth-order valence-electron chi connectivity index (χ4n) is 2.16. The van der Waals surface area contributed by atoms with E-state index in [4.69, 9.17) is 4.74 Å². The molecule has 4 nitrogen and oxygen atoms in total. The van der Waals surface area contributed by atoms with Gasteiger partial charge in [0, 0.05) is 28.9 Å². The number of nitrogens with one attached hydrogen (secondary N) is 2. The van der Waals surface area contributed by atoms with Crippen LogP contribution in [-0.2, 0) is 0 Å². The molecule has 20 heavy (non-hydrogen) atoms. The average molecular weight is 266 g/mol. The summed E-state index contributed by atoms with van der Waals surface area (Å²) in [5.74, 6) is 0.567. The van der Waals surface area contributed by atoms with E-state index in [1.54, 1.807) is 19.4 Å². The van der Waals surface area contributed by atoms with Crippen molar-refractivity contribution in [1.82, 2.24) is 4.98 Å². The van der Waals surface area contributed by atoms with Gasteiger partial charge in [0.25, 0.3) is 5.91 Å². The minimum absolute atomic E-state index is 0.143. The molecule has 1 heterocycles. The summed E-state index contributed by atoms with van der Waals surface area (Å²) in [6.07, 6.45) is 1.72. The van der Waals surface area contributed by atoms with Crippen LogP contribution in [0.3, 0.4) is 0 Å². The van der Waals surface area contributed by atoms with Gasteiger partial charge in [0.15, 0.2) is 0 Å². The number of aromatic nitrogens is 1. The zero-order valence-electron chi connectivity index (χ0n) is 11.0. The molecule has 0 fully saturated rings. The molecule has 1 aromatic heterocycles.